The van der Waals surface area contributed by atoms with Crippen molar-refractivity contribution in [3.63, 3.8) is 0 Å². The number of fused-ring (bicyclic) bond motifs is 1. The van der Waals surface area contributed by atoms with Crippen molar-refractivity contribution in [3.05, 3.63) is 45.1 Å². The zero-order valence-corrected chi connectivity index (χ0v) is 17.4. The van der Waals surface area contributed by atoms with Gasteiger partial charge in [-0.15, -0.1) is 11.3 Å². The van der Waals surface area contributed by atoms with E-state index in [-0.39, 0.29) is 17.7 Å². The van der Waals surface area contributed by atoms with Crippen LogP contribution in [0.1, 0.15) is 29.1 Å². The molecule has 28 heavy (non-hydrogen) atoms. The molecule has 2 amide bonds. The molecule has 0 spiro atoms. The molecule has 3 rings (SSSR count). The van der Waals surface area contributed by atoms with Gasteiger partial charge in [0.05, 0.1) is 9.90 Å². The molecule has 1 atom stereocenters. The van der Waals surface area contributed by atoms with E-state index in [4.69, 9.17) is 21.1 Å². The minimum atomic E-state index is -0.599. The van der Waals surface area contributed by atoms with E-state index < -0.39 is 6.04 Å². The lowest BCUT2D eigenvalue weighted by Crippen LogP contribution is -2.49. The fourth-order valence-electron chi connectivity index (χ4n) is 2.90. The zero-order chi connectivity index (χ0) is 20.1. The predicted octanol–water partition coefficient (Wildman–Crippen LogP) is 3.29. The number of halogens is 1. The first-order chi connectivity index (χ1) is 13.5. The van der Waals surface area contributed by atoms with E-state index in [1.54, 1.807) is 6.07 Å². The maximum Gasteiger partial charge on any atom is 0.262 e. The third kappa shape index (κ3) is 4.97. The molecule has 0 radical (unpaired) electrons. The van der Waals surface area contributed by atoms with Gasteiger partial charge in [0.15, 0.2) is 11.5 Å². The first-order valence-electron chi connectivity index (χ1n) is 9.16. The van der Waals surface area contributed by atoms with Gasteiger partial charge in [0.25, 0.3) is 5.91 Å². The number of thiophene rings is 1. The molecule has 150 valence electrons. The van der Waals surface area contributed by atoms with Gasteiger partial charge in [-0.25, -0.2) is 0 Å². The van der Waals surface area contributed by atoms with Crippen LogP contribution in [0.5, 0.6) is 11.5 Å². The third-order valence-electron chi connectivity index (χ3n) is 4.35. The maximum atomic E-state index is 12.6. The first-order valence-corrected chi connectivity index (χ1v) is 10.4. The number of nitrogens with one attached hydrogen (secondary N) is 2. The Morgan fingerprint density at radius 1 is 1.25 bits per heavy atom. The molecule has 0 bridgehead atoms. The summed E-state index contributed by atoms with van der Waals surface area (Å²) in [6, 6.07) is 6.65. The standard InChI is InChI=1S/C20H23ClN2O4S/c1-12(2)17(23-19(24)16-4-3-9-28-16)20(25)22-6-5-13-10-14(21)18-15(11-13)26-7-8-27-18/h3-4,9-12,17H,5-8H2,1-2H3,(H,22,25)(H,23,24)/t17-/m0/s1. The monoisotopic (exact) mass is 422 g/mol. The van der Waals surface area contributed by atoms with Crippen LogP contribution in [0.2, 0.25) is 5.02 Å². The van der Waals surface area contributed by atoms with E-state index in [0.29, 0.717) is 47.6 Å². The van der Waals surface area contributed by atoms with Crippen LogP contribution < -0.4 is 20.1 Å². The Morgan fingerprint density at radius 2 is 2.04 bits per heavy atom. The van der Waals surface area contributed by atoms with Crippen molar-refractivity contribution in [2.45, 2.75) is 26.3 Å². The molecule has 0 fully saturated rings. The fourth-order valence-corrected chi connectivity index (χ4v) is 3.82. The summed E-state index contributed by atoms with van der Waals surface area (Å²) in [6.45, 7) is 5.20. The minimum absolute atomic E-state index is 0.0346. The van der Waals surface area contributed by atoms with E-state index in [9.17, 15) is 9.59 Å². The van der Waals surface area contributed by atoms with Crippen molar-refractivity contribution in [1.82, 2.24) is 10.6 Å². The van der Waals surface area contributed by atoms with Crippen molar-refractivity contribution < 1.29 is 19.1 Å². The van der Waals surface area contributed by atoms with E-state index in [2.05, 4.69) is 10.6 Å². The summed E-state index contributed by atoms with van der Waals surface area (Å²) in [4.78, 5) is 25.4. The lowest BCUT2D eigenvalue weighted by molar-refractivity contribution is -0.123. The van der Waals surface area contributed by atoms with E-state index in [1.807, 2.05) is 37.4 Å². The third-order valence-corrected chi connectivity index (χ3v) is 5.50. The Hall–Kier alpha value is -2.25. The average molecular weight is 423 g/mol. The largest absolute Gasteiger partial charge is 0.486 e. The molecule has 0 saturated carbocycles. The van der Waals surface area contributed by atoms with E-state index in [1.165, 1.54) is 11.3 Å². The van der Waals surface area contributed by atoms with Crippen LogP contribution in [-0.2, 0) is 11.2 Å². The summed E-state index contributed by atoms with van der Waals surface area (Å²) in [5.74, 6) is 0.721. The summed E-state index contributed by atoms with van der Waals surface area (Å²) in [7, 11) is 0. The van der Waals surface area contributed by atoms with Gasteiger partial charge >= 0.3 is 0 Å². The molecule has 2 heterocycles. The Morgan fingerprint density at radius 3 is 2.75 bits per heavy atom. The Labute approximate surface area is 173 Å². The van der Waals surface area contributed by atoms with Gasteiger partial charge in [-0.2, -0.15) is 0 Å². The summed E-state index contributed by atoms with van der Waals surface area (Å²) >= 11 is 7.59. The van der Waals surface area contributed by atoms with Crippen molar-refractivity contribution in [1.29, 1.82) is 0 Å². The first kappa shape index (κ1) is 20.5. The second-order valence-electron chi connectivity index (χ2n) is 6.82. The number of rotatable bonds is 7. The normalized spacial score (nSPS) is 13.9. The van der Waals surface area contributed by atoms with E-state index in [0.717, 1.165) is 5.56 Å². The van der Waals surface area contributed by atoms with Crippen molar-refractivity contribution in [2.24, 2.45) is 5.92 Å². The second kappa shape index (κ2) is 9.30. The highest BCUT2D eigenvalue weighted by Gasteiger charge is 2.25. The van der Waals surface area contributed by atoms with Gasteiger partial charge in [0.2, 0.25) is 5.91 Å². The van der Waals surface area contributed by atoms with Crippen LogP contribution in [0.25, 0.3) is 0 Å². The molecule has 2 N–H and O–H groups in total. The molecule has 0 unspecified atom stereocenters. The molecule has 6 nitrogen and oxygen atoms in total. The number of hydrogen-bond acceptors (Lipinski definition) is 5. The summed E-state index contributed by atoms with van der Waals surface area (Å²) in [5.41, 5.74) is 0.943. The highest BCUT2D eigenvalue weighted by molar-refractivity contribution is 7.12. The van der Waals surface area contributed by atoms with Crippen molar-refractivity contribution in [3.8, 4) is 11.5 Å². The molecule has 1 aromatic heterocycles. The van der Waals surface area contributed by atoms with Gasteiger partial charge in [-0.05, 0) is 41.5 Å². The SMILES string of the molecule is CC(C)[C@H](NC(=O)c1cccs1)C(=O)NCCc1cc(Cl)c2c(c1)OCCO2. The van der Waals surface area contributed by atoms with Crippen molar-refractivity contribution >= 4 is 34.8 Å². The smallest absolute Gasteiger partial charge is 0.262 e. The van der Waals surface area contributed by atoms with Gasteiger partial charge in [-0.1, -0.05) is 31.5 Å². The molecule has 8 heteroatoms. The van der Waals surface area contributed by atoms with Crippen LogP contribution in [0, 0.1) is 5.92 Å². The van der Waals surface area contributed by atoms with Gasteiger partial charge < -0.3 is 20.1 Å². The molecule has 1 aliphatic rings. The molecular weight excluding hydrogens is 400 g/mol. The topological polar surface area (TPSA) is 76.7 Å². The molecule has 0 aliphatic carbocycles. The fraction of sp³-hybridized carbons (Fsp3) is 0.400. The number of ether oxygens (including phenoxy) is 2. The lowest BCUT2D eigenvalue weighted by Gasteiger charge is -2.22. The van der Waals surface area contributed by atoms with Crippen LogP contribution in [0.3, 0.4) is 0 Å². The van der Waals surface area contributed by atoms with Crippen LogP contribution in [-0.4, -0.2) is 37.6 Å². The van der Waals surface area contributed by atoms with Crippen LogP contribution in [0.4, 0.5) is 0 Å². The summed E-state index contributed by atoms with van der Waals surface area (Å²) in [6.07, 6.45) is 0.589. The number of hydrogen-bond donors (Lipinski definition) is 2. The molecule has 1 aliphatic heterocycles. The highest BCUT2D eigenvalue weighted by Crippen LogP contribution is 2.38. The Bertz CT molecular complexity index is 839. The predicted molar refractivity (Wildman–Crippen MR) is 110 cm³/mol. The highest BCUT2D eigenvalue weighted by atomic mass is 35.5. The Kier molecular flexibility index (Phi) is 6.80. The summed E-state index contributed by atoms with van der Waals surface area (Å²) in [5, 5.41) is 8.05. The van der Waals surface area contributed by atoms with Gasteiger partial charge in [0.1, 0.15) is 19.3 Å². The molecule has 1 aromatic carbocycles. The minimum Gasteiger partial charge on any atom is -0.486 e. The number of carbonyl (C=O) groups is 2. The molecule has 2 aromatic rings. The number of carbonyl (C=O) groups excluding carboxylic acids is 2. The molecular formula is C20H23ClN2O4S. The van der Waals surface area contributed by atoms with Gasteiger partial charge in [0, 0.05) is 6.54 Å². The zero-order valence-electron chi connectivity index (χ0n) is 15.8. The number of benzene rings is 1. The maximum absolute atomic E-state index is 12.6. The average Bonchev–Trinajstić information content (AvgIpc) is 3.20. The number of amides is 2. The van der Waals surface area contributed by atoms with Gasteiger partial charge in [-0.3, -0.25) is 9.59 Å². The Balaban J connectivity index is 1.56. The second-order valence-corrected chi connectivity index (χ2v) is 8.17. The van der Waals surface area contributed by atoms with E-state index >= 15 is 0 Å². The van der Waals surface area contributed by atoms with Crippen LogP contribution in [0.15, 0.2) is 29.6 Å². The lowest BCUT2D eigenvalue weighted by atomic mass is 10.0. The summed E-state index contributed by atoms with van der Waals surface area (Å²) < 4.78 is 11.1. The van der Waals surface area contributed by atoms with Crippen molar-refractivity contribution in [2.75, 3.05) is 19.8 Å². The quantitative estimate of drug-likeness (QED) is 0.717. The van der Waals surface area contributed by atoms with Crippen LogP contribution >= 0.6 is 22.9 Å². The molecule has 0 saturated heterocycles.